The molecular formula is C18H15FN2O2S. The predicted octanol–water partition coefficient (Wildman–Crippen LogP) is 3.89. The van der Waals surface area contributed by atoms with Crippen LogP contribution >= 0.6 is 11.3 Å². The monoisotopic (exact) mass is 342 g/mol. The van der Waals surface area contributed by atoms with Crippen molar-refractivity contribution in [2.45, 2.75) is 24.8 Å². The normalized spacial score (nSPS) is 15.2. The topological polar surface area (TPSA) is 55.1 Å². The molecule has 0 aliphatic heterocycles. The van der Waals surface area contributed by atoms with Crippen LogP contribution in [0.5, 0.6) is 0 Å². The van der Waals surface area contributed by atoms with Gasteiger partial charge in [-0.3, -0.25) is 4.79 Å². The molecule has 4 rings (SSSR count). The number of nitrogens with one attached hydrogen (secondary N) is 1. The summed E-state index contributed by atoms with van der Waals surface area (Å²) < 4.78 is 19.2. The first kappa shape index (κ1) is 15.1. The maximum absolute atomic E-state index is 13.9. The van der Waals surface area contributed by atoms with E-state index in [1.807, 2.05) is 17.5 Å². The Morgan fingerprint density at radius 3 is 2.83 bits per heavy atom. The van der Waals surface area contributed by atoms with E-state index in [9.17, 15) is 9.18 Å². The average Bonchev–Trinajstić information content (AvgIpc) is 3.01. The SMILES string of the molecule is O=C(NCc1cccs1)C1(c2cc(-c3ccccc3F)on2)CC1. The molecule has 24 heavy (non-hydrogen) atoms. The smallest absolute Gasteiger partial charge is 0.232 e. The van der Waals surface area contributed by atoms with E-state index in [4.69, 9.17) is 4.52 Å². The molecule has 0 radical (unpaired) electrons. The second-order valence-corrected chi connectivity index (χ2v) is 6.93. The number of rotatable bonds is 5. The van der Waals surface area contributed by atoms with Crippen molar-refractivity contribution in [1.29, 1.82) is 0 Å². The van der Waals surface area contributed by atoms with Crippen LogP contribution in [0.15, 0.2) is 52.4 Å². The van der Waals surface area contributed by atoms with Crippen LogP contribution in [0, 0.1) is 5.82 Å². The fraction of sp³-hybridized carbons (Fsp3) is 0.222. The molecule has 1 saturated carbocycles. The number of carbonyl (C=O) groups excluding carboxylic acids is 1. The molecule has 122 valence electrons. The number of halogens is 1. The standard InChI is InChI=1S/C18H15FN2O2S/c19-14-6-2-1-5-13(14)15-10-16(21-23-15)18(7-8-18)17(22)20-11-12-4-3-9-24-12/h1-6,9-10H,7-8,11H2,(H,20,22). The second kappa shape index (κ2) is 5.87. The quantitative estimate of drug-likeness (QED) is 0.765. The van der Waals surface area contributed by atoms with E-state index >= 15 is 0 Å². The first-order valence-corrected chi connectivity index (χ1v) is 8.60. The van der Waals surface area contributed by atoms with Gasteiger partial charge in [0.05, 0.1) is 23.2 Å². The molecule has 1 fully saturated rings. The summed E-state index contributed by atoms with van der Waals surface area (Å²) in [6.07, 6.45) is 1.46. The Hall–Kier alpha value is -2.47. The zero-order valence-corrected chi connectivity index (χ0v) is 13.6. The molecule has 0 bridgehead atoms. The van der Waals surface area contributed by atoms with E-state index in [1.54, 1.807) is 35.6 Å². The van der Waals surface area contributed by atoms with Gasteiger partial charge in [-0.15, -0.1) is 11.3 Å². The third kappa shape index (κ3) is 2.63. The Morgan fingerprint density at radius 1 is 1.29 bits per heavy atom. The molecule has 0 atom stereocenters. The molecule has 6 heteroatoms. The molecule has 4 nitrogen and oxygen atoms in total. The summed E-state index contributed by atoms with van der Waals surface area (Å²) in [6.45, 7) is 0.510. The third-order valence-electron chi connectivity index (χ3n) is 4.33. The number of hydrogen-bond donors (Lipinski definition) is 1. The summed E-state index contributed by atoms with van der Waals surface area (Å²) >= 11 is 1.60. The van der Waals surface area contributed by atoms with Crippen LogP contribution in [0.2, 0.25) is 0 Å². The highest BCUT2D eigenvalue weighted by Gasteiger charge is 2.53. The van der Waals surface area contributed by atoms with E-state index in [1.165, 1.54) is 6.07 Å². The van der Waals surface area contributed by atoms with E-state index in [2.05, 4.69) is 10.5 Å². The van der Waals surface area contributed by atoms with Crippen molar-refractivity contribution in [3.63, 3.8) is 0 Å². The molecule has 1 aliphatic rings. The Morgan fingerprint density at radius 2 is 2.12 bits per heavy atom. The van der Waals surface area contributed by atoms with E-state index in [0.717, 1.165) is 17.7 Å². The molecule has 0 saturated heterocycles. The van der Waals surface area contributed by atoms with Crippen LogP contribution in [-0.2, 0) is 16.8 Å². The number of benzene rings is 1. The largest absolute Gasteiger partial charge is 0.356 e. The molecule has 1 aliphatic carbocycles. The van der Waals surface area contributed by atoms with Crippen LogP contribution in [-0.4, -0.2) is 11.1 Å². The van der Waals surface area contributed by atoms with Gasteiger partial charge < -0.3 is 9.84 Å². The van der Waals surface area contributed by atoms with Crippen molar-refractivity contribution < 1.29 is 13.7 Å². The Kier molecular flexibility index (Phi) is 3.69. The Labute approximate surface area is 142 Å². The fourth-order valence-corrected chi connectivity index (χ4v) is 3.41. The lowest BCUT2D eigenvalue weighted by atomic mass is 10.0. The molecule has 2 aromatic heterocycles. The minimum Gasteiger partial charge on any atom is -0.356 e. The van der Waals surface area contributed by atoms with Gasteiger partial charge in [-0.25, -0.2) is 4.39 Å². The van der Waals surface area contributed by atoms with Gasteiger partial charge in [0.2, 0.25) is 5.91 Å². The van der Waals surface area contributed by atoms with Crippen molar-refractivity contribution >= 4 is 17.2 Å². The van der Waals surface area contributed by atoms with Crippen LogP contribution in [0.25, 0.3) is 11.3 Å². The number of nitrogens with zero attached hydrogens (tertiary/aromatic N) is 1. The van der Waals surface area contributed by atoms with Crippen molar-refractivity contribution in [3.05, 3.63) is 64.2 Å². The highest BCUT2D eigenvalue weighted by Crippen LogP contribution is 2.48. The summed E-state index contributed by atoms with van der Waals surface area (Å²) in [7, 11) is 0. The number of hydrogen-bond acceptors (Lipinski definition) is 4. The van der Waals surface area contributed by atoms with Gasteiger partial charge in [0.15, 0.2) is 5.76 Å². The van der Waals surface area contributed by atoms with E-state index in [0.29, 0.717) is 23.6 Å². The lowest BCUT2D eigenvalue weighted by Gasteiger charge is -2.11. The van der Waals surface area contributed by atoms with Gasteiger partial charge in [-0.1, -0.05) is 23.4 Å². The summed E-state index contributed by atoms with van der Waals surface area (Å²) in [5.74, 6) is -0.0723. The molecular weight excluding hydrogens is 327 g/mol. The zero-order chi connectivity index (χ0) is 16.6. The van der Waals surface area contributed by atoms with Crippen molar-refractivity contribution in [2.75, 3.05) is 0 Å². The second-order valence-electron chi connectivity index (χ2n) is 5.90. The summed E-state index contributed by atoms with van der Waals surface area (Å²) in [6, 6.07) is 12.0. The molecule has 0 unspecified atom stereocenters. The number of thiophene rings is 1. The van der Waals surface area contributed by atoms with Gasteiger partial charge in [0, 0.05) is 10.9 Å². The molecule has 3 aromatic rings. The predicted molar refractivity (Wildman–Crippen MR) is 89.0 cm³/mol. The first-order chi connectivity index (χ1) is 11.7. The van der Waals surface area contributed by atoms with Crippen LogP contribution < -0.4 is 5.32 Å². The van der Waals surface area contributed by atoms with Gasteiger partial charge in [0.1, 0.15) is 5.82 Å². The number of carbonyl (C=O) groups is 1. The fourth-order valence-electron chi connectivity index (χ4n) is 2.76. The third-order valence-corrected chi connectivity index (χ3v) is 5.20. The molecule has 1 amide bonds. The summed E-state index contributed by atoms with van der Waals surface area (Å²) in [5, 5.41) is 8.98. The lowest BCUT2D eigenvalue weighted by molar-refractivity contribution is -0.123. The maximum atomic E-state index is 13.9. The van der Waals surface area contributed by atoms with E-state index < -0.39 is 5.41 Å². The molecule has 1 N–H and O–H groups in total. The highest BCUT2D eigenvalue weighted by molar-refractivity contribution is 7.09. The molecule has 1 aromatic carbocycles. The summed E-state index contributed by atoms with van der Waals surface area (Å²) in [5.41, 5.74) is 0.292. The van der Waals surface area contributed by atoms with Gasteiger partial charge in [-0.05, 0) is 36.4 Å². The van der Waals surface area contributed by atoms with Crippen molar-refractivity contribution in [2.24, 2.45) is 0 Å². The maximum Gasteiger partial charge on any atom is 0.232 e. The Bertz CT molecular complexity index is 869. The van der Waals surface area contributed by atoms with Crippen LogP contribution in [0.4, 0.5) is 4.39 Å². The van der Waals surface area contributed by atoms with Gasteiger partial charge in [0.25, 0.3) is 0 Å². The van der Waals surface area contributed by atoms with E-state index in [-0.39, 0.29) is 11.7 Å². The highest BCUT2D eigenvalue weighted by atomic mass is 32.1. The lowest BCUT2D eigenvalue weighted by Crippen LogP contribution is -2.34. The summed E-state index contributed by atoms with van der Waals surface area (Å²) in [4.78, 5) is 13.7. The van der Waals surface area contributed by atoms with Crippen molar-refractivity contribution in [1.82, 2.24) is 10.5 Å². The molecule has 2 heterocycles. The van der Waals surface area contributed by atoms with Crippen molar-refractivity contribution in [3.8, 4) is 11.3 Å². The number of amides is 1. The minimum absolute atomic E-state index is 0.0516. The first-order valence-electron chi connectivity index (χ1n) is 7.72. The van der Waals surface area contributed by atoms with Crippen LogP contribution in [0.3, 0.4) is 0 Å². The number of aromatic nitrogens is 1. The van der Waals surface area contributed by atoms with Gasteiger partial charge >= 0.3 is 0 Å². The zero-order valence-electron chi connectivity index (χ0n) is 12.8. The Balaban J connectivity index is 1.53. The van der Waals surface area contributed by atoms with Crippen LogP contribution in [0.1, 0.15) is 23.4 Å². The average molecular weight is 342 g/mol. The minimum atomic E-state index is -0.635. The molecule has 0 spiro atoms. The van der Waals surface area contributed by atoms with Gasteiger partial charge in [-0.2, -0.15) is 0 Å².